The lowest BCUT2D eigenvalue weighted by Gasteiger charge is -2.09. The first-order valence-corrected chi connectivity index (χ1v) is 10.1. The van der Waals surface area contributed by atoms with Gasteiger partial charge in [0.2, 0.25) is 10.0 Å². The number of thioether (sulfide) groups is 1. The van der Waals surface area contributed by atoms with Gasteiger partial charge in [-0.15, -0.1) is 11.8 Å². The summed E-state index contributed by atoms with van der Waals surface area (Å²) in [7, 11) is -1.93. The van der Waals surface area contributed by atoms with Gasteiger partial charge < -0.3 is 4.74 Å². The van der Waals surface area contributed by atoms with E-state index >= 15 is 0 Å². The first kappa shape index (κ1) is 17.6. The smallest absolute Gasteiger partial charge is 0.240 e. The van der Waals surface area contributed by atoms with Crippen molar-refractivity contribution in [2.24, 2.45) is 0 Å². The Morgan fingerprint density at radius 2 is 1.91 bits per heavy atom. The molecule has 0 atom stereocenters. The van der Waals surface area contributed by atoms with Gasteiger partial charge in [-0.25, -0.2) is 13.1 Å². The molecule has 7 heteroatoms. The van der Waals surface area contributed by atoms with Gasteiger partial charge in [-0.3, -0.25) is 0 Å². The Kier molecular flexibility index (Phi) is 6.54. The van der Waals surface area contributed by atoms with E-state index in [0.29, 0.717) is 18.0 Å². The van der Waals surface area contributed by atoms with Crippen LogP contribution in [0, 0.1) is 3.57 Å². The van der Waals surface area contributed by atoms with Gasteiger partial charge in [-0.1, -0.05) is 18.2 Å². The molecule has 2 aromatic rings. The van der Waals surface area contributed by atoms with E-state index in [1.54, 1.807) is 37.1 Å². The van der Waals surface area contributed by atoms with Crippen LogP contribution in [0.5, 0.6) is 5.75 Å². The quantitative estimate of drug-likeness (QED) is 0.400. The zero-order chi connectivity index (χ0) is 16.0. The Hall–Kier alpha value is -0.770. The maximum Gasteiger partial charge on any atom is 0.240 e. The fourth-order valence-electron chi connectivity index (χ4n) is 1.76. The van der Waals surface area contributed by atoms with E-state index in [-0.39, 0.29) is 4.90 Å². The molecule has 0 fully saturated rings. The molecule has 0 bridgehead atoms. The highest BCUT2D eigenvalue weighted by Gasteiger charge is 2.15. The van der Waals surface area contributed by atoms with E-state index < -0.39 is 10.0 Å². The maximum absolute atomic E-state index is 12.2. The monoisotopic (exact) mass is 449 g/mol. The number of nitrogens with one attached hydrogen (secondary N) is 1. The Balaban J connectivity index is 1.92. The second-order valence-electron chi connectivity index (χ2n) is 4.36. The lowest BCUT2D eigenvalue weighted by molar-refractivity contribution is 0.411. The third-order valence-electron chi connectivity index (χ3n) is 2.84. The van der Waals surface area contributed by atoms with Crippen molar-refractivity contribution in [3.05, 3.63) is 52.1 Å². The molecule has 0 heterocycles. The molecular formula is C15H16INO3S2. The number of rotatable bonds is 7. The molecule has 0 aliphatic heterocycles. The zero-order valence-electron chi connectivity index (χ0n) is 12.0. The van der Waals surface area contributed by atoms with E-state index in [2.05, 4.69) is 27.3 Å². The number of benzene rings is 2. The van der Waals surface area contributed by atoms with Gasteiger partial charge in [0.1, 0.15) is 5.75 Å². The van der Waals surface area contributed by atoms with E-state index in [1.807, 2.05) is 30.3 Å². The van der Waals surface area contributed by atoms with Crippen LogP contribution in [0.4, 0.5) is 0 Å². The average molecular weight is 449 g/mol. The topological polar surface area (TPSA) is 55.4 Å². The molecule has 0 amide bonds. The van der Waals surface area contributed by atoms with Crippen molar-refractivity contribution < 1.29 is 13.2 Å². The standard InChI is InChI=1S/C15H16INO3S2/c1-20-15-8-7-13(11-14(15)16)22(18,19)17-9-10-21-12-5-3-2-4-6-12/h2-8,11,17H,9-10H2,1H3. The number of methoxy groups -OCH3 is 1. The lowest BCUT2D eigenvalue weighted by Crippen LogP contribution is -2.26. The summed E-state index contributed by atoms with van der Waals surface area (Å²) in [5.74, 6) is 1.34. The summed E-state index contributed by atoms with van der Waals surface area (Å²) in [4.78, 5) is 1.38. The Morgan fingerprint density at radius 3 is 2.55 bits per heavy atom. The molecule has 0 aromatic heterocycles. The van der Waals surface area contributed by atoms with Gasteiger partial charge in [0.25, 0.3) is 0 Å². The zero-order valence-corrected chi connectivity index (χ0v) is 15.7. The minimum atomic E-state index is -3.49. The number of ether oxygens (including phenoxy) is 1. The summed E-state index contributed by atoms with van der Waals surface area (Å²) in [5.41, 5.74) is 0. The van der Waals surface area contributed by atoms with Crippen LogP contribution < -0.4 is 9.46 Å². The van der Waals surface area contributed by atoms with Crippen molar-refractivity contribution in [1.29, 1.82) is 0 Å². The van der Waals surface area contributed by atoms with E-state index in [1.165, 1.54) is 0 Å². The Morgan fingerprint density at radius 1 is 1.18 bits per heavy atom. The largest absolute Gasteiger partial charge is 0.496 e. The molecule has 0 unspecified atom stereocenters. The van der Waals surface area contributed by atoms with Crippen LogP contribution in [0.1, 0.15) is 0 Å². The molecule has 0 aliphatic carbocycles. The van der Waals surface area contributed by atoms with Gasteiger partial charge in [0.15, 0.2) is 0 Å². The molecule has 22 heavy (non-hydrogen) atoms. The van der Waals surface area contributed by atoms with Crippen LogP contribution in [-0.2, 0) is 10.0 Å². The molecular weight excluding hydrogens is 433 g/mol. The van der Waals surface area contributed by atoms with E-state index in [4.69, 9.17) is 4.74 Å². The summed E-state index contributed by atoms with van der Waals surface area (Å²) in [6.07, 6.45) is 0. The first-order valence-electron chi connectivity index (χ1n) is 6.54. The molecule has 1 N–H and O–H groups in total. The second-order valence-corrected chi connectivity index (χ2v) is 8.45. The van der Waals surface area contributed by atoms with Gasteiger partial charge in [0, 0.05) is 17.2 Å². The molecule has 2 aromatic carbocycles. The lowest BCUT2D eigenvalue weighted by atomic mass is 10.3. The van der Waals surface area contributed by atoms with Crippen LogP contribution in [-0.4, -0.2) is 27.8 Å². The highest BCUT2D eigenvalue weighted by Crippen LogP contribution is 2.24. The predicted octanol–water partition coefficient (Wildman–Crippen LogP) is 3.37. The second kappa shape index (κ2) is 8.19. The third kappa shape index (κ3) is 4.87. The van der Waals surface area contributed by atoms with Gasteiger partial charge >= 0.3 is 0 Å². The van der Waals surface area contributed by atoms with Gasteiger partial charge in [-0.05, 0) is 52.9 Å². The summed E-state index contributed by atoms with van der Waals surface area (Å²) in [5, 5.41) is 0. The van der Waals surface area contributed by atoms with Gasteiger partial charge in [-0.2, -0.15) is 0 Å². The third-order valence-corrected chi connectivity index (χ3v) is 6.16. The Bertz CT molecular complexity index is 721. The van der Waals surface area contributed by atoms with Crippen molar-refractivity contribution in [3.8, 4) is 5.75 Å². The molecule has 0 aliphatic rings. The molecule has 2 rings (SSSR count). The van der Waals surface area contributed by atoms with Gasteiger partial charge in [0.05, 0.1) is 15.6 Å². The number of hydrogen-bond donors (Lipinski definition) is 1. The molecule has 0 radical (unpaired) electrons. The molecule has 118 valence electrons. The minimum absolute atomic E-state index is 0.252. The van der Waals surface area contributed by atoms with Crippen LogP contribution >= 0.6 is 34.4 Å². The Labute approximate surface area is 148 Å². The van der Waals surface area contributed by atoms with Crippen LogP contribution in [0.2, 0.25) is 0 Å². The normalized spacial score (nSPS) is 11.4. The number of halogens is 1. The molecule has 0 saturated heterocycles. The highest BCUT2D eigenvalue weighted by atomic mass is 127. The summed E-state index contributed by atoms with van der Waals surface area (Å²) in [6, 6.07) is 14.7. The van der Waals surface area contributed by atoms with Crippen LogP contribution in [0.25, 0.3) is 0 Å². The van der Waals surface area contributed by atoms with E-state index in [0.717, 1.165) is 8.47 Å². The number of sulfonamides is 1. The first-order chi connectivity index (χ1) is 10.5. The van der Waals surface area contributed by atoms with E-state index in [9.17, 15) is 8.42 Å². The fraction of sp³-hybridized carbons (Fsp3) is 0.200. The summed E-state index contributed by atoms with van der Waals surface area (Å²) in [6.45, 7) is 0.379. The predicted molar refractivity (Wildman–Crippen MR) is 98.1 cm³/mol. The maximum atomic E-state index is 12.2. The van der Waals surface area contributed by atoms with Crippen molar-refractivity contribution in [3.63, 3.8) is 0 Å². The fourth-order valence-corrected chi connectivity index (χ4v) is 4.68. The van der Waals surface area contributed by atoms with Crippen molar-refractivity contribution in [2.75, 3.05) is 19.4 Å². The minimum Gasteiger partial charge on any atom is -0.496 e. The number of hydrogen-bond acceptors (Lipinski definition) is 4. The highest BCUT2D eigenvalue weighted by molar-refractivity contribution is 14.1. The van der Waals surface area contributed by atoms with Crippen molar-refractivity contribution in [2.45, 2.75) is 9.79 Å². The summed E-state index contributed by atoms with van der Waals surface area (Å²) >= 11 is 3.67. The summed E-state index contributed by atoms with van der Waals surface area (Å²) < 4.78 is 33.0. The molecule has 0 spiro atoms. The molecule has 4 nitrogen and oxygen atoms in total. The van der Waals surface area contributed by atoms with Crippen LogP contribution in [0.15, 0.2) is 58.3 Å². The SMILES string of the molecule is COc1ccc(S(=O)(=O)NCCSc2ccccc2)cc1I. The molecule has 0 saturated carbocycles. The van der Waals surface area contributed by atoms with Crippen LogP contribution in [0.3, 0.4) is 0 Å². The van der Waals surface area contributed by atoms with Crippen molar-refractivity contribution in [1.82, 2.24) is 4.72 Å². The average Bonchev–Trinajstić information content (AvgIpc) is 2.52. The van der Waals surface area contributed by atoms with Crippen molar-refractivity contribution >= 4 is 44.4 Å².